The average molecular weight is 789 g/mol. The van der Waals surface area contributed by atoms with Crippen molar-refractivity contribution < 1.29 is 24.0 Å². The Morgan fingerprint density at radius 2 is 1.53 bits per heavy atom. The normalized spacial score (nSPS) is 23.5. The van der Waals surface area contributed by atoms with E-state index in [0.29, 0.717) is 35.3 Å². The van der Waals surface area contributed by atoms with Gasteiger partial charge in [-0.2, -0.15) is 5.26 Å². The minimum atomic E-state index is -0.986. The van der Waals surface area contributed by atoms with Crippen LogP contribution in [0.3, 0.4) is 0 Å². The first-order chi connectivity index (χ1) is 27.4. The van der Waals surface area contributed by atoms with Crippen LogP contribution in [-0.2, 0) is 9.59 Å². The lowest BCUT2D eigenvalue weighted by molar-refractivity contribution is -0.136. The predicted molar refractivity (Wildman–Crippen MR) is 214 cm³/mol. The highest BCUT2D eigenvalue weighted by Gasteiger charge is 2.47. The van der Waals surface area contributed by atoms with E-state index in [1.165, 1.54) is 0 Å². The summed E-state index contributed by atoms with van der Waals surface area (Å²) in [5, 5.41) is 12.0. The van der Waals surface area contributed by atoms with E-state index < -0.39 is 29.7 Å². The first-order valence-electron chi connectivity index (χ1n) is 19.8. The van der Waals surface area contributed by atoms with E-state index in [-0.39, 0.29) is 47.4 Å². The summed E-state index contributed by atoms with van der Waals surface area (Å²) in [5.74, 6) is -1.98. The average Bonchev–Trinajstić information content (AvgIpc) is 3.61. The fourth-order valence-corrected chi connectivity index (χ4v) is 10.0. The van der Waals surface area contributed by atoms with Crippen molar-refractivity contribution in [3.05, 3.63) is 87.9 Å². The second-order valence-electron chi connectivity index (χ2n) is 16.8. The maximum atomic E-state index is 13.4. The van der Waals surface area contributed by atoms with Crippen LogP contribution in [0, 0.1) is 16.7 Å². The van der Waals surface area contributed by atoms with Gasteiger partial charge in [-0.05, 0) is 106 Å². The summed E-state index contributed by atoms with van der Waals surface area (Å²) < 4.78 is 0. The van der Waals surface area contributed by atoms with E-state index in [9.17, 15) is 29.2 Å². The Balaban J connectivity index is 0.738. The fraction of sp³-hybridized carbons (Fsp3) is 0.442. The Kier molecular flexibility index (Phi) is 9.24. The topological polar surface area (TPSA) is 141 Å². The Morgan fingerprint density at radius 3 is 2.21 bits per heavy atom. The highest BCUT2D eigenvalue weighted by molar-refractivity contribution is 6.32. The first-order valence-corrected chi connectivity index (χ1v) is 20.2. The van der Waals surface area contributed by atoms with Gasteiger partial charge in [0.1, 0.15) is 12.1 Å². The third-order valence-electron chi connectivity index (χ3n) is 13.4. The van der Waals surface area contributed by atoms with Gasteiger partial charge in [0, 0.05) is 93.0 Å². The fourth-order valence-electron chi connectivity index (χ4n) is 9.79. The number of carbonyl (C=O) groups excluding carboxylic acids is 5. The minimum Gasteiger partial charge on any atom is -0.371 e. The molecule has 5 saturated heterocycles. The van der Waals surface area contributed by atoms with Gasteiger partial charge in [0.15, 0.2) is 0 Å². The first kappa shape index (κ1) is 37.1. The van der Waals surface area contributed by atoms with Crippen molar-refractivity contribution in [1.29, 1.82) is 5.26 Å². The van der Waals surface area contributed by atoms with Gasteiger partial charge < -0.3 is 19.6 Å². The number of hydrogen-bond donors (Lipinski definition) is 1. The van der Waals surface area contributed by atoms with E-state index in [1.807, 2.05) is 41.3 Å². The molecule has 0 aliphatic carbocycles. The second kappa shape index (κ2) is 14.2. The van der Waals surface area contributed by atoms with Crippen LogP contribution in [0.5, 0.6) is 0 Å². The summed E-state index contributed by atoms with van der Waals surface area (Å²) in [6, 6.07) is 21.1. The summed E-state index contributed by atoms with van der Waals surface area (Å²) in [7, 11) is 2.10. The van der Waals surface area contributed by atoms with Crippen LogP contribution in [0.15, 0.2) is 60.7 Å². The molecule has 57 heavy (non-hydrogen) atoms. The lowest BCUT2D eigenvalue weighted by Gasteiger charge is -2.52. The summed E-state index contributed by atoms with van der Waals surface area (Å²) in [4.78, 5) is 76.1. The van der Waals surface area contributed by atoms with E-state index in [0.717, 1.165) is 73.9 Å². The van der Waals surface area contributed by atoms with Crippen LogP contribution in [0.2, 0.25) is 5.02 Å². The Labute approximate surface area is 336 Å². The molecule has 6 heterocycles. The van der Waals surface area contributed by atoms with Crippen molar-refractivity contribution in [1.82, 2.24) is 20.0 Å². The highest BCUT2D eigenvalue weighted by atomic mass is 35.5. The molecule has 14 heteroatoms. The van der Waals surface area contributed by atoms with Crippen molar-refractivity contribution in [2.24, 2.45) is 5.41 Å². The lowest BCUT2D eigenvalue weighted by atomic mass is 9.76. The van der Waals surface area contributed by atoms with Gasteiger partial charge in [-0.15, -0.1) is 0 Å². The van der Waals surface area contributed by atoms with E-state index >= 15 is 0 Å². The number of anilines is 3. The molecule has 0 saturated carbocycles. The molecule has 5 fully saturated rings. The van der Waals surface area contributed by atoms with Gasteiger partial charge in [-0.25, -0.2) is 0 Å². The molecule has 3 aromatic rings. The van der Waals surface area contributed by atoms with Crippen LogP contribution in [0.4, 0.5) is 17.1 Å². The molecule has 2 atom stereocenters. The standard InChI is InChI=1S/C43H45ClN8O5/c1-26-19-43(25-51(26)31-8-5-28(20-45)36(44)18-31)13-15-48(16-14-43)29-6-3-27(4-7-29)40(55)50-23-33(24-50)47(2)32-21-49(22-32)30-9-10-34-35(17-30)42(57)52(41(34)56)37-11-12-38(53)46-39(37)54/h3-10,17-18,26,32-33,37H,11-16,19,21-25H2,1-2H3,(H,46,53,54)/t26-,37?/m0/s1. The minimum absolute atomic E-state index is 0.0469. The molecule has 3 aromatic carbocycles. The number of rotatable bonds is 7. The third-order valence-corrected chi connectivity index (χ3v) is 13.7. The zero-order chi connectivity index (χ0) is 39.7. The van der Waals surface area contributed by atoms with Gasteiger partial charge in [0.05, 0.1) is 21.7 Å². The van der Waals surface area contributed by atoms with Gasteiger partial charge >= 0.3 is 0 Å². The van der Waals surface area contributed by atoms with Gasteiger partial charge in [-0.1, -0.05) is 11.6 Å². The maximum absolute atomic E-state index is 13.4. The lowest BCUT2D eigenvalue weighted by Crippen LogP contribution is -2.68. The van der Waals surface area contributed by atoms with Crippen molar-refractivity contribution in [3.63, 3.8) is 0 Å². The molecule has 0 aromatic heterocycles. The van der Waals surface area contributed by atoms with Crippen LogP contribution >= 0.6 is 11.6 Å². The number of benzene rings is 3. The zero-order valence-corrected chi connectivity index (χ0v) is 32.9. The highest BCUT2D eigenvalue weighted by Crippen LogP contribution is 2.46. The monoisotopic (exact) mass is 788 g/mol. The number of amides is 5. The molecule has 0 bridgehead atoms. The van der Waals surface area contributed by atoms with Crippen molar-refractivity contribution in [3.8, 4) is 6.07 Å². The van der Waals surface area contributed by atoms with Crippen molar-refractivity contribution in [2.45, 2.75) is 63.2 Å². The number of carbonyl (C=O) groups is 5. The number of fused-ring (bicyclic) bond motifs is 1. The number of nitrogens with zero attached hydrogens (tertiary/aromatic N) is 7. The molecule has 5 amide bonds. The largest absolute Gasteiger partial charge is 0.371 e. The SMILES string of the molecule is C[C@H]1CC2(CCN(c3ccc(C(=O)N4CC(N(C)C5CN(c6ccc7c(c6)C(=O)N(C6CCC(=O)NC6=O)C7=O)C5)C4)cc3)CC2)CN1c1ccc(C#N)c(Cl)c1. The summed E-state index contributed by atoms with van der Waals surface area (Å²) in [6.07, 6.45) is 3.53. The van der Waals surface area contributed by atoms with Gasteiger partial charge in [0.25, 0.3) is 17.7 Å². The van der Waals surface area contributed by atoms with Crippen LogP contribution in [0.1, 0.15) is 75.7 Å². The molecule has 294 valence electrons. The number of nitriles is 1. The smallest absolute Gasteiger partial charge is 0.262 e. The number of nitrogens with one attached hydrogen (secondary N) is 1. The molecule has 1 unspecified atom stereocenters. The molecule has 0 radical (unpaired) electrons. The van der Waals surface area contributed by atoms with Crippen molar-refractivity contribution in [2.75, 3.05) is 67.6 Å². The zero-order valence-electron chi connectivity index (χ0n) is 32.1. The molecule has 1 spiro atoms. The summed E-state index contributed by atoms with van der Waals surface area (Å²) >= 11 is 6.37. The summed E-state index contributed by atoms with van der Waals surface area (Å²) in [6.45, 7) is 8.02. The second-order valence-corrected chi connectivity index (χ2v) is 17.2. The number of likely N-dealkylation sites (tertiary alicyclic amines) is 1. The Hall–Kier alpha value is -5.45. The predicted octanol–water partition coefficient (Wildman–Crippen LogP) is 4.14. The van der Waals surface area contributed by atoms with Crippen LogP contribution in [-0.4, -0.2) is 121 Å². The van der Waals surface area contributed by atoms with E-state index in [1.54, 1.807) is 12.1 Å². The van der Waals surface area contributed by atoms with E-state index in [2.05, 4.69) is 57.1 Å². The molecular weight excluding hydrogens is 744 g/mol. The quantitative estimate of drug-likeness (QED) is 0.348. The number of piperidine rings is 2. The van der Waals surface area contributed by atoms with E-state index in [4.69, 9.17) is 11.6 Å². The van der Waals surface area contributed by atoms with Crippen LogP contribution < -0.4 is 20.0 Å². The number of imide groups is 2. The van der Waals surface area contributed by atoms with Crippen LogP contribution in [0.25, 0.3) is 0 Å². The maximum Gasteiger partial charge on any atom is 0.262 e. The Morgan fingerprint density at radius 1 is 0.860 bits per heavy atom. The number of halogens is 1. The number of likely N-dealkylation sites (N-methyl/N-ethyl adjacent to an activating group) is 1. The molecule has 13 nitrogen and oxygen atoms in total. The molecule has 6 aliphatic rings. The molecule has 1 N–H and O–H groups in total. The van der Waals surface area contributed by atoms with Gasteiger partial charge in [-0.3, -0.25) is 39.1 Å². The van der Waals surface area contributed by atoms with Gasteiger partial charge in [0.2, 0.25) is 11.8 Å². The molecule has 6 aliphatic heterocycles. The third kappa shape index (κ3) is 6.48. The van der Waals surface area contributed by atoms with Crippen molar-refractivity contribution >= 4 is 58.2 Å². The Bertz CT molecular complexity index is 2220. The number of hydrogen-bond acceptors (Lipinski definition) is 10. The summed E-state index contributed by atoms with van der Waals surface area (Å²) in [5.41, 5.74) is 5.07. The molecule has 9 rings (SSSR count). The molecular formula is C43H45ClN8O5.